The van der Waals surface area contributed by atoms with Crippen LogP contribution < -0.4 is 5.32 Å². The van der Waals surface area contributed by atoms with Gasteiger partial charge in [-0.15, -0.1) is 5.10 Å². The van der Waals surface area contributed by atoms with E-state index in [2.05, 4.69) is 55.5 Å². The zero-order chi connectivity index (χ0) is 14.3. The summed E-state index contributed by atoms with van der Waals surface area (Å²) in [6, 6.07) is 0.447. The third-order valence-corrected chi connectivity index (χ3v) is 3.31. The number of hydrogen-bond acceptors (Lipinski definition) is 4. The molecule has 5 heteroatoms. The van der Waals surface area contributed by atoms with Crippen molar-refractivity contribution >= 4 is 0 Å². The van der Waals surface area contributed by atoms with Crippen LogP contribution in [0.5, 0.6) is 0 Å². The number of rotatable bonds is 9. The van der Waals surface area contributed by atoms with Crippen molar-refractivity contribution < 1.29 is 0 Å². The van der Waals surface area contributed by atoms with E-state index in [1.807, 2.05) is 4.68 Å². The Balaban J connectivity index is 2.53. The van der Waals surface area contributed by atoms with E-state index in [1.165, 1.54) is 25.7 Å². The molecule has 0 aromatic carbocycles. The lowest BCUT2D eigenvalue weighted by atomic mass is 9.87. The van der Waals surface area contributed by atoms with Crippen LogP contribution in [0.25, 0.3) is 0 Å². The molecule has 0 aliphatic heterocycles. The van der Waals surface area contributed by atoms with E-state index < -0.39 is 0 Å². The molecule has 110 valence electrons. The predicted molar refractivity (Wildman–Crippen MR) is 77.7 cm³/mol. The van der Waals surface area contributed by atoms with Crippen molar-refractivity contribution in [1.82, 2.24) is 25.5 Å². The monoisotopic (exact) mass is 267 g/mol. The average molecular weight is 267 g/mol. The first-order valence-electron chi connectivity index (χ1n) is 7.43. The van der Waals surface area contributed by atoms with Gasteiger partial charge in [0.1, 0.15) is 0 Å². The summed E-state index contributed by atoms with van der Waals surface area (Å²) in [4.78, 5) is 0. The van der Waals surface area contributed by atoms with E-state index in [1.54, 1.807) is 0 Å². The molecular formula is C14H29N5. The average Bonchev–Trinajstić information content (AvgIpc) is 2.73. The van der Waals surface area contributed by atoms with Gasteiger partial charge in [-0.25, -0.2) is 4.68 Å². The number of unbranched alkanes of at least 4 members (excludes halogenated alkanes) is 2. The Morgan fingerprint density at radius 2 is 2.00 bits per heavy atom. The van der Waals surface area contributed by atoms with Crippen LogP contribution in [-0.4, -0.2) is 26.2 Å². The first-order valence-corrected chi connectivity index (χ1v) is 7.43. The van der Waals surface area contributed by atoms with Gasteiger partial charge in [-0.2, -0.15) is 0 Å². The van der Waals surface area contributed by atoms with Gasteiger partial charge in [-0.3, -0.25) is 0 Å². The van der Waals surface area contributed by atoms with Gasteiger partial charge in [0.25, 0.3) is 0 Å². The smallest absolute Gasteiger partial charge is 0.165 e. The number of nitrogens with one attached hydrogen (secondary N) is 1. The Hall–Kier alpha value is -0.970. The molecule has 0 spiro atoms. The third kappa shape index (κ3) is 6.14. The maximum Gasteiger partial charge on any atom is 0.165 e. The Labute approximate surface area is 117 Å². The summed E-state index contributed by atoms with van der Waals surface area (Å²) in [6.07, 6.45) is 5.08. The number of tetrazole rings is 1. The van der Waals surface area contributed by atoms with Crippen LogP contribution in [0.1, 0.15) is 66.1 Å². The van der Waals surface area contributed by atoms with E-state index in [-0.39, 0.29) is 5.41 Å². The van der Waals surface area contributed by atoms with E-state index in [0.717, 1.165) is 18.9 Å². The van der Waals surface area contributed by atoms with Crippen LogP contribution in [0.3, 0.4) is 0 Å². The maximum absolute atomic E-state index is 4.12. The SMILES string of the molecule is CCCCCC(C)(C)Cn1nnnc1CNC(C)C. The minimum Gasteiger partial charge on any atom is -0.308 e. The highest BCUT2D eigenvalue weighted by atomic mass is 15.5. The predicted octanol–water partition coefficient (Wildman–Crippen LogP) is 2.78. The van der Waals surface area contributed by atoms with E-state index in [0.29, 0.717) is 6.04 Å². The molecule has 0 radical (unpaired) electrons. The second-order valence-corrected chi connectivity index (χ2v) is 6.41. The summed E-state index contributed by atoms with van der Waals surface area (Å²) >= 11 is 0. The summed E-state index contributed by atoms with van der Waals surface area (Å²) in [5.41, 5.74) is 0.247. The molecule has 1 aromatic heterocycles. The Morgan fingerprint density at radius 3 is 2.63 bits per heavy atom. The summed E-state index contributed by atoms with van der Waals surface area (Å²) < 4.78 is 1.95. The zero-order valence-electron chi connectivity index (χ0n) is 13.1. The number of aromatic nitrogens is 4. The van der Waals surface area contributed by atoms with Gasteiger partial charge >= 0.3 is 0 Å². The van der Waals surface area contributed by atoms with Crippen LogP contribution in [0.15, 0.2) is 0 Å². The molecule has 1 N–H and O–H groups in total. The van der Waals surface area contributed by atoms with Crippen molar-refractivity contribution in [2.45, 2.75) is 79.4 Å². The number of nitrogens with zero attached hydrogens (tertiary/aromatic N) is 4. The first-order chi connectivity index (χ1) is 8.94. The Bertz CT molecular complexity index is 356. The van der Waals surface area contributed by atoms with Gasteiger partial charge in [-0.1, -0.05) is 53.9 Å². The summed E-state index contributed by atoms with van der Waals surface area (Å²) in [6.45, 7) is 12.7. The van der Waals surface area contributed by atoms with Gasteiger partial charge in [0.2, 0.25) is 0 Å². The highest BCUT2D eigenvalue weighted by Crippen LogP contribution is 2.25. The van der Waals surface area contributed by atoms with Crippen molar-refractivity contribution in [1.29, 1.82) is 0 Å². The molecule has 5 nitrogen and oxygen atoms in total. The molecule has 1 aromatic rings. The van der Waals surface area contributed by atoms with Crippen LogP contribution in [0.2, 0.25) is 0 Å². The van der Waals surface area contributed by atoms with Crippen LogP contribution in [0.4, 0.5) is 0 Å². The maximum atomic E-state index is 4.12. The minimum atomic E-state index is 0.247. The van der Waals surface area contributed by atoms with Crippen molar-refractivity contribution in [3.8, 4) is 0 Å². The van der Waals surface area contributed by atoms with Gasteiger partial charge in [-0.05, 0) is 22.3 Å². The lowest BCUT2D eigenvalue weighted by molar-refractivity contribution is 0.252. The molecular weight excluding hydrogens is 238 g/mol. The van der Waals surface area contributed by atoms with Crippen LogP contribution in [-0.2, 0) is 13.1 Å². The highest BCUT2D eigenvalue weighted by molar-refractivity contribution is 4.83. The highest BCUT2D eigenvalue weighted by Gasteiger charge is 2.20. The topological polar surface area (TPSA) is 55.6 Å². The number of hydrogen-bond donors (Lipinski definition) is 1. The van der Waals surface area contributed by atoms with Crippen molar-refractivity contribution in [2.24, 2.45) is 5.41 Å². The molecule has 1 rings (SSSR count). The van der Waals surface area contributed by atoms with Crippen molar-refractivity contribution in [3.05, 3.63) is 5.82 Å². The molecule has 0 bridgehead atoms. The van der Waals surface area contributed by atoms with Gasteiger partial charge in [0.15, 0.2) is 5.82 Å². The standard InChI is InChI=1S/C14H29N5/c1-6-7-8-9-14(4,5)11-19-13(16-17-18-19)10-15-12(2)3/h12,15H,6-11H2,1-5H3. The molecule has 0 unspecified atom stereocenters. The van der Waals surface area contributed by atoms with E-state index in [4.69, 9.17) is 0 Å². The second-order valence-electron chi connectivity index (χ2n) is 6.41. The molecule has 0 amide bonds. The third-order valence-electron chi connectivity index (χ3n) is 3.31. The largest absolute Gasteiger partial charge is 0.308 e. The molecule has 0 fully saturated rings. The normalized spacial score (nSPS) is 12.3. The second kappa shape index (κ2) is 7.58. The Kier molecular flexibility index (Phi) is 6.42. The molecule has 19 heavy (non-hydrogen) atoms. The van der Waals surface area contributed by atoms with Crippen LogP contribution in [0, 0.1) is 5.41 Å². The first kappa shape index (κ1) is 16.1. The fourth-order valence-electron chi connectivity index (χ4n) is 2.11. The summed E-state index contributed by atoms with van der Waals surface area (Å²) in [5, 5.41) is 15.4. The molecule has 0 saturated heterocycles. The molecule has 0 aliphatic carbocycles. The quantitative estimate of drug-likeness (QED) is 0.699. The van der Waals surface area contributed by atoms with Crippen LogP contribution >= 0.6 is 0 Å². The van der Waals surface area contributed by atoms with Crippen molar-refractivity contribution in [2.75, 3.05) is 0 Å². The van der Waals surface area contributed by atoms with E-state index in [9.17, 15) is 0 Å². The summed E-state index contributed by atoms with van der Waals surface area (Å²) in [5.74, 6) is 0.928. The Morgan fingerprint density at radius 1 is 1.26 bits per heavy atom. The van der Waals surface area contributed by atoms with Gasteiger partial charge in [0, 0.05) is 12.6 Å². The summed E-state index contributed by atoms with van der Waals surface area (Å²) in [7, 11) is 0. The molecule has 1 heterocycles. The molecule has 0 atom stereocenters. The van der Waals surface area contributed by atoms with Gasteiger partial charge in [0.05, 0.1) is 6.54 Å². The minimum absolute atomic E-state index is 0.247. The van der Waals surface area contributed by atoms with Crippen molar-refractivity contribution in [3.63, 3.8) is 0 Å². The molecule has 0 aliphatic rings. The molecule has 0 saturated carbocycles. The fourth-order valence-corrected chi connectivity index (χ4v) is 2.11. The fraction of sp³-hybridized carbons (Fsp3) is 0.929. The zero-order valence-corrected chi connectivity index (χ0v) is 13.1. The van der Waals surface area contributed by atoms with Gasteiger partial charge < -0.3 is 5.32 Å². The lowest BCUT2D eigenvalue weighted by Crippen LogP contribution is -2.27. The van der Waals surface area contributed by atoms with E-state index >= 15 is 0 Å². The lowest BCUT2D eigenvalue weighted by Gasteiger charge is -2.24.